The molecule has 0 N–H and O–H groups in total. The Hall–Kier alpha value is -8.27. The fourth-order valence-electron chi connectivity index (χ4n) is 11.3. The standard InChI is InChI=1S/C65H47N3/c1-64(2)55-25-15-13-22-47(55)49-33-31-44(35-57(49)64)52-37-54-53(45-32-34-50-48-23-14-16-26-56(48)65(3,4)58(50)36-45)38-59(66-62(54)51-24-12-11-21-46(51)52)41-27-29-42(30-28-41)61-39-60(40-17-7-5-8-18-40)67-63(68-61)43-19-9-6-10-20-43/h5-39H,1-4H3. The first-order chi connectivity index (χ1) is 33.2. The van der Waals surface area contributed by atoms with Gasteiger partial charge in [0.15, 0.2) is 5.82 Å². The van der Waals surface area contributed by atoms with Crippen LogP contribution < -0.4 is 0 Å². The number of nitrogens with zero attached hydrogens (tertiary/aromatic N) is 3. The van der Waals surface area contributed by atoms with Crippen LogP contribution in [0.4, 0.5) is 0 Å². The van der Waals surface area contributed by atoms with Gasteiger partial charge in [0, 0.05) is 43.9 Å². The number of rotatable bonds is 6. The van der Waals surface area contributed by atoms with E-state index in [9.17, 15) is 0 Å². The molecule has 2 aliphatic rings. The smallest absolute Gasteiger partial charge is 0.160 e. The van der Waals surface area contributed by atoms with E-state index in [0.717, 1.165) is 55.6 Å². The summed E-state index contributed by atoms with van der Waals surface area (Å²) in [5.74, 6) is 0.701. The average molecular weight is 870 g/mol. The topological polar surface area (TPSA) is 38.7 Å². The highest BCUT2D eigenvalue weighted by atomic mass is 14.9. The van der Waals surface area contributed by atoms with Gasteiger partial charge in [0.1, 0.15) is 0 Å². The summed E-state index contributed by atoms with van der Waals surface area (Å²) < 4.78 is 0. The molecule has 0 amide bonds. The molecule has 322 valence electrons. The van der Waals surface area contributed by atoms with Crippen molar-refractivity contribution >= 4 is 21.7 Å². The molecular formula is C65H47N3. The first-order valence-electron chi connectivity index (χ1n) is 23.7. The Labute approximate surface area is 397 Å². The molecule has 0 saturated carbocycles. The molecule has 11 aromatic rings. The molecule has 0 radical (unpaired) electrons. The second kappa shape index (κ2) is 15.1. The van der Waals surface area contributed by atoms with Crippen molar-refractivity contribution in [2.75, 3.05) is 0 Å². The Kier molecular flexibility index (Phi) is 8.91. The maximum Gasteiger partial charge on any atom is 0.160 e. The minimum absolute atomic E-state index is 0.109. The molecule has 0 fully saturated rings. The molecule has 2 aromatic heterocycles. The summed E-state index contributed by atoms with van der Waals surface area (Å²) in [4.78, 5) is 15.8. The molecule has 3 heteroatoms. The molecule has 2 heterocycles. The number of aromatic nitrogens is 3. The van der Waals surface area contributed by atoms with Crippen LogP contribution >= 0.6 is 0 Å². The van der Waals surface area contributed by atoms with E-state index in [4.69, 9.17) is 15.0 Å². The van der Waals surface area contributed by atoms with Crippen LogP contribution in [0.25, 0.3) is 111 Å². The lowest BCUT2D eigenvalue weighted by atomic mass is 9.81. The van der Waals surface area contributed by atoms with Crippen LogP contribution in [-0.4, -0.2) is 15.0 Å². The fraction of sp³-hybridized carbons (Fsp3) is 0.0923. The Morgan fingerprint density at radius 1 is 0.265 bits per heavy atom. The predicted octanol–water partition coefficient (Wildman–Crippen LogP) is 16.8. The van der Waals surface area contributed by atoms with E-state index < -0.39 is 0 Å². The third-order valence-electron chi connectivity index (χ3n) is 14.9. The lowest BCUT2D eigenvalue weighted by Gasteiger charge is -2.23. The molecule has 0 unspecified atom stereocenters. The van der Waals surface area contributed by atoms with Gasteiger partial charge in [-0.15, -0.1) is 0 Å². The van der Waals surface area contributed by atoms with Crippen molar-refractivity contribution < 1.29 is 0 Å². The van der Waals surface area contributed by atoms with Gasteiger partial charge in [-0.2, -0.15) is 0 Å². The average Bonchev–Trinajstić information content (AvgIpc) is 3.77. The summed E-state index contributed by atoms with van der Waals surface area (Å²) in [5, 5.41) is 3.47. The van der Waals surface area contributed by atoms with Gasteiger partial charge in [-0.1, -0.05) is 210 Å². The highest BCUT2D eigenvalue weighted by Gasteiger charge is 2.37. The van der Waals surface area contributed by atoms with E-state index in [1.165, 1.54) is 72.1 Å². The van der Waals surface area contributed by atoms with E-state index in [-0.39, 0.29) is 10.8 Å². The van der Waals surface area contributed by atoms with Crippen LogP contribution in [0.15, 0.2) is 212 Å². The number of hydrogen-bond donors (Lipinski definition) is 0. The monoisotopic (exact) mass is 869 g/mol. The zero-order chi connectivity index (χ0) is 45.7. The maximum absolute atomic E-state index is 5.62. The van der Waals surface area contributed by atoms with Crippen LogP contribution in [0.2, 0.25) is 0 Å². The summed E-state index contributed by atoms with van der Waals surface area (Å²) in [5.41, 5.74) is 23.1. The fourth-order valence-corrected chi connectivity index (χ4v) is 11.3. The Bertz CT molecular complexity index is 3770. The van der Waals surface area contributed by atoms with Crippen LogP contribution in [0.3, 0.4) is 0 Å². The number of pyridine rings is 1. The molecular weight excluding hydrogens is 823 g/mol. The van der Waals surface area contributed by atoms with Gasteiger partial charge in [0.2, 0.25) is 0 Å². The summed E-state index contributed by atoms with van der Waals surface area (Å²) in [6, 6.07) is 77.0. The van der Waals surface area contributed by atoms with Crippen molar-refractivity contribution in [1.29, 1.82) is 0 Å². The molecule has 0 atom stereocenters. The van der Waals surface area contributed by atoms with Crippen molar-refractivity contribution in [2.45, 2.75) is 38.5 Å². The molecule has 0 saturated heterocycles. The second-order valence-corrected chi connectivity index (χ2v) is 19.6. The molecule has 0 spiro atoms. The summed E-state index contributed by atoms with van der Waals surface area (Å²) in [6.45, 7) is 9.45. The van der Waals surface area contributed by atoms with Crippen molar-refractivity contribution in [1.82, 2.24) is 15.0 Å². The largest absolute Gasteiger partial charge is 0.247 e. The maximum atomic E-state index is 5.62. The van der Waals surface area contributed by atoms with Gasteiger partial charge in [-0.3, -0.25) is 0 Å². The Morgan fingerprint density at radius 3 is 1.24 bits per heavy atom. The quantitative estimate of drug-likeness (QED) is 0.156. The SMILES string of the molecule is CC1(C)c2ccccc2-c2ccc(-c3cc4c(-c5ccc6c(c5)C(C)(C)c5ccccc5-6)cc(-c5ccc(-c6cc(-c7ccccc7)nc(-c7ccccc7)n6)cc5)nc4c4ccccc34)cc21. The van der Waals surface area contributed by atoms with Gasteiger partial charge in [-0.25, -0.2) is 15.0 Å². The molecule has 2 aliphatic carbocycles. The highest BCUT2D eigenvalue weighted by molar-refractivity contribution is 6.16. The van der Waals surface area contributed by atoms with Crippen molar-refractivity contribution in [3.8, 4) is 89.7 Å². The van der Waals surface area contributed by atoms with Crippen LogP contribution in [-0.2, 0) is 10.8 Å². The molecule has 0 aliphatic heterocycles. The van der Waals surface area contributed by atoms with E-state index in [1.807, 2.05) is 24.3 Å². The summed E-state index contributed by atoms with van der Waals surface area (Å²) in [6.07, 6.45) is 0. The van der Waals surface area contributed by atoms with Gasteiger partial charge in [-0.05, 0) is 102 Å². The Morgan fingerprint density at radius 2 is 0.676 bits per heavy atom. The van der Waals surface area contributed by atoms with Crippen molar-refractivity contribution in [3.05, 3.63) is 235 Å². The molecule has 13 rings (SSSR count). The van der Waals surface area contributed by atoms with Gasteiger partial charge >= 0.3 is 0 Å². The van der Waals surface area contributed by atoms with Crippen molar-refractivity contribution in [2.24, 2.45) is 0 Å². The minimum Gasteiger partial charge on any atom is -0.247 e. The van der Waals surface area contributed by atoms with Crippen LogP contribution in [0, 0.1) is 0 Å². The van der Waals surface area contributed by atoms with Crippen molar-refractivity contribution in [3.63, 3.8) is 0 Å². The van der Waals surface area contributed by atoms with E-state index >= 15 is 0 Å². The number of hydrogen-bond acceptors (Lipinski definition) is 3. The minimum atomic E-state index is -0.141. The lowest BCUT2D eigenvalue weighted by Crippen LogP contribution is -2.15. The van der Waals surface area contributed by atoms with Crippen LogP contribution in [0.1, 0.15) is 49.9 Å². The first-order valence-corrected chi connectivity index (χ1v) is 23.7. The third kappa shape index (κ3) is 6.23. The highest BCUT2D eigenvalue weighted by Crippen LogP contribution is 2.52. The molecule has 3 nitrogen and oxygen atoms in total. The Balaban J connectivity index is 0.997. The van der Waals surface area contributed by atoms with Gasteiger partial charge in [0.25, 0.3) is 0 Å². The zero-order valence-electron chi connectivity index (χ0n) is 38.5. The zero-order valence-corrected chi connectivity index (χ0v) is 38.5. The first kappa shape index (κ1) is 40.0. The molecule has 9 aromatic carbocycles. The van der Waals surface area contributed by atoms with Gasteiger partial charge < -0.3 is 0 Å². The van der Waals surface area contributed by atoms with Gasteiger partial charge in [0.05, 0.1) is 22.6 Å². The summed E-state index contributed by atoms with van der Waals surface area (Å²) >= 11 is 0. The van der Waals surface area contributed by atoms with E-state index in [1.54, 1.807) is 0 Å². The van der Waals surface area contributed by atoms with Crippen LogP contribution in [0.5, 0.6) is 0 Å². The number of fused-ring (bicyclic) bond motifs is 9. The molecule has 0 bridgehead atoms. The molecule has 68 heavy (non-hydrogen) atoms. The summed E-state index contributed by atoms with van der Waals surface area (Å²) in [7, 11) is 0. The van der Waals surface area contributed by atoms with E-state index in [0.29, 0.717) is 5.82 Å². The number of benzene rings is 9. The second-order valence-electron chi connectivity index (χ2n) is 19.6. The third-order valence-corrected chi connectivity index (χ3v) is 14.9. The van der Waals surface area contributed by atoms with E-state index in [2.05, 4.69) is 216 Å². The normalized spacial score (nSPS) is 13.8. The predicted molar refractivity (Wildman–Crippen MR) is 283 cm³/mol. The lowest BCUT2D eigenvalue weighted by molar-refractivity contribution is 0.660.